The van der Waals surface area contributed by atoms with Crippen LogP contribution in [0.4, 0.5) is 5.69 Å². The van der Waals surface area contributed by atoms with E-state index >= 15 is 0 Å². The highest BCUT2D eigenvalue weighted by atomic mass is 35.5. The highest BCUT2D eigenvalue weighted by molar-refractivity contribution is 6.30. The van der Waals surface area contributed by atoms with Gasteiger partial charge in [0.25, 0.3) is 0 Å². The van der Waals surface area contributed by atoms with Crippen molar-refractivity contribution in [2.24, 2.45) is 5.73 Å². The summed E-state index contributed by atoms with van der Waals surface area (Å²) in [7, 11) is 0. The minimum atomic E-state index is -0.274. The average Bonchev–Trinajstić information content (AvgIpc) is 2.63. The molecule has 136 valence electrons. The van der Waals surface area contributed by atoms with Gasteiger partial charge in [-0.15, -0.1) is 0 Å². The van der Waals surface area contributed by atoms with E-state index in [2.05, 4.69) is 11.8 Å². The van der Waals surface area contributed by atoms with Gasteiger partial charge in [-0.3, -0.25) is 4.79 Å². The average molecular weight is 373 g/mol. The van der Waals surface area contributed by atoms with Crippen LogP contribution in [0.1, 0.15) is 36.0 Å². The van der Waals surface area contributed by atoms with E-state index in [9.17, 15) is 4.79 Å². The van der Waals surface area contributed by atoms with Crippen LogP contribution in [0.25, 0.3) is 0 Å². The maximum atomic E-state index is 11.9. The predicted octanol–water partition coefficient (Wildman–Crippen LogP) is 3.57. The molecule has 0 bridgehead atoms. The topological polar surface area (TPSA) is 64.8 Å². The van der Waals surface area contributed by atoms with Crippen LogP contribution in [0.3, 0.4) is 0 Å². The van der Waals surface area contributed by atoms with Crippen molar-refractivity contribution in [1.82, 2.24) is 0 Å². The number of para-hydroxylation sites is 1. The molecule has 5 nitrogen and oxygen atoms in total. The van der Waals surface area contributed by atoms with Gasteiger partial charge < -0.3 is 20.1 Å². The first-order chi connectivity index (χ1) is 12.5. The fraction of sp³-hybridized carbons (Fsp3) is 0.350. The molecule has 0 saturated heterocycles. The second-order valence-corrected chi connectivity index (χ2v) is 7.33. The summed E-state index contributed by atoms with van der Waals surface area (Å²) < 4.78 is 11.1. The number of ether oxygens (including phenoxy) is 2. The number of benzene rings is 2. The number of carbonyl (C=O) groups excluding carboxylic acids is 1. The number of carbonyl (C=O) groups is 1. The Labute approximate surface area is 157 Å². The Morgan fingerprint density at radius 3 is 2.96 bits per heavy atom. The van der Waals surface area contributed by atoms with Gasteiger partial charge in [0.1, 0.15) is 5.75 Å². The number of amides is 1. The molecule has 4 rings (SSSR count). The highest BCUT2D eigenvalue weighted by Gasteiger charge is 2.33. The van der Waals surface area contributed by atoms with E-state index < -0.39 is 0 Å². The van der Waals surface area contributed by atoms with Gasteiger partial charge in [-0.25, -0.2) is 0 Å². The Balaban J connectivity index is 1.74. The fourth-order valence-electron chi connectivity index (χ4n) is 3.94. The minimum Gasteiger partial charge on any atom is -0.467 e. The molecule has 26 heavy (non-hydrogen) atoms. The molecule has 6 heteroatoms. The normalized spacial score (nSPS) is 21.5. The summed E-state index contributed by atoms with van der Waals surface area (Å²) >= 11 is 6.31. The Morgan fingerprint density at radius 2 is 2.15 bits per heavy atom. The van der Waals surface area contributed by atoms with Crippen LogP contribution < -0.4 is 15.4 Å². The molecule has 0 saturated carbocycles. The van der Waals surface area contributed by atoms with Gasteiger partial charge in [-0.05, 0) is 37.1 Å². The number of anilines is 1. The highest BCUT2D eigenvalue weighted by Crippen LogP contribution is 2.41. The number of nitrogens with zero attached hydrogens (tertiary/aromatic N) is 1. The molecule has 2 heterocycles. The summed E-state index contributed by atoms with van der Waals surface area (Å²) in [6.07, 6.45) is 0.694. The first-order valence-corrected chi connectivity index (χ1v) is 9.09. The Hall–Kier alpha value is -2.24. The number of hydrogen-bond acceptors (Lipinski definition) is 4. The number of hydrogen-bond donors (Lipinski definition) is 1. The Morgan fingerprint density at radius 1 is 1.35 bits per heavy atom. The van der Waals surface area contributed by atoms with Crippen LogP contribution >= 0.6 is 11.6 Å². The lowest BCUT2D eigenvalue weighted by atomic mass is 9.85. The molecule has 0 unspecified atom stereocenters. The van der Waals surface area contributed by atoms with Crippen LogP contribution in [0.15, 0.2) is 36.4 Å². The van der Waals surface area contributed by atoms with Gasteiger partial charge in [0, 0.05) is 34.4 Å². The van der Waals surface area contributed by atoms with E-state index in [0.29, 0.717) is 24.6 Å². The van der Waals surface area contributed by atoms with Gasteiger partial charge in [-0.2, -0.15) is 0 Å². The molecule has 2 aromatic rings. The monoisotopic (exact) mass is 372 g/mol. The number of rotatable bonds is 3. The largest absolute Gasteiger partial charge is 0.467 e. The van der Waals surface area contributed by atoms with Crippen LogP contribution in [0.5, 0.6) is 5.75 Å². The predicted molar refractivity (Wildman–Crippen MR) is 100 cm³/mol. The standard InChI is InChI=1S/C20H21ClN2O3/c1-12-6-17(20(22)24)16-4-2-3-5-18(16)23(12)9-13-7-15(21)8-14-10-25-11-26-19(13)14/h2-5,7-8,12,17H,6,9-11H2,1H3,(H2,22,24)/t12-,17+/m0/s1. The molecule has 2 N–H and O–H groups in total. The van der Waals surface area contributed by atoms with E-state index in [1.54, 1.807) is 0 Å². The summed E-state index contributed by atoms with van der Waals surface area (Å²) in [6.45, 7) is 3.51. The van der Waals surface area contributed by atoms with Gasteiger partial charge >= 0.3 is 0 Å². The number of halogens is 1. The van der Waals surface area contributed by atoms with Crippen LogP contribution in [-0.2, 0) is 22.7 Å². The lowest BCUT2D eigenvalue weighted by molar-refractivity contribution is -0.119. The molecule has 2 aliphatic rings. The first kappa shape index (κ1) is 17.2. The van der Waals surface area contributed by atoms with Crippen LogP contribution in [0.2, 0.25) is 5.02 Å². The zero-order valence-electron chi connectivity index (χ0n) is 14.6. The summed E-state index contributed by atoms with van der Waals surface area (Å²) in [5.74, 6) is 0.322. The molecule has 2 aliphatic heterocycles. The summed E-state index contributed by atoms with van der Waals surface area (Å²) in [4.78, 5) is 14.2. The lowest BCUT2D eigenvalue weighted by Crippen LogP contribution is -2.41. The second-order valence-electron chi connectivity index (χ2n) is 6.89. The van der Waals surface area contributed by atoms with Gasteiger partial charge in [-0.1, -0.05) is 29.8 Å². The smallest absolute Gasteiger partial charge is 0.225 e. The molecule has 0 spiro atoms. The second kappa shape index (κ2) is 6.82. The maximum absolute atomic E-state index is 11.9. The third-order valence-electron chi connectivity index (χ3n) is 5.17. The quantitative estimate of drug-likeness (QED) is 0.894. The third kappa shape index (κ3) is 3.02. The van der Waals surface area contributed by atoms with Crippen molar-refractivity contribution in [3.8, 4) is 5.75 Å². The zero-order valence-corrected chi connectivity index (χ0v) is 15.3. The number of fused-ring (bicyclic) bond motifs is 2. The van der Waals surface area contributed by atoms with Gasteiger partial charge in [0.05, 0.1) is 12.5 Å². The Bertz CT molecular complexity index is 855. The first-order valence-electron chi connectivity index (χ1n) is 8.71. The molecular formula is C20H21ClN2O3. The van der Waals surface area contributed by atoms with Crippen molar-refractivity contribution in [3.05, 3.63) is 58.1 Å². The van der Waals surface area contributed by atoms with Crippen molar-refractivity contribution in [3.63, 3.8) is 0 Å². The number of nitrogens with two attached hydrogens (primary N) is 1. The minimum absolute atomic E-state index is 0.164. The van der Waals surface area contributed by atoms with Crippen molar-refractivity contribution in [1.29, 1.82) is 0 Å². The van der Waals surface area contributed by atoms with Crippen molar-refractivity contribution >= 4 is 23.2 Å². The van der Waals surface area contributed by atoms with Gasteiger partial charge in [0.2, 0.25) is 5.91 Å². The summed E-state index contributed by atoms with van der Waals surface area (Å²) in [5, 5.41) is 0.667. The number of primary amides is 1. The van der Waals surface area contributed by atoms with Crippen molar-refractivity contribution < 1.29 is 14.3 Å². The van der Waals surface area contributed by atoms with Crippen LogP contribution in [-0.4, -0.2) is 18.7 Å². The van der Waals surface area contributed by atoms with E-state index in [-0.39, 0.29) is 24.7 Å². The molecule has 2 aromatic carbocycles. The van der Waals surface area contributed by atoms with E-state index in [1.165, 1.54) is 0 Å². The summed E-state index contributed by atoms with van der Waals surface area (Å²) in [5.41, 5.74) is 9.65. The molecule has 0 fully saturated rings. The van der Waals surface area contributed by atoms with Crippen LogP contribution in [0, 0.1) is 0 Å². The lowest BCUT2D eigenvalue weighted by Gasteiger charge is -2.40. The fourth-order valence-corrected chi connectivity index (χ4v) is 4.21. The van der Waals surface area contributed by atoms with E-state index in [4.69, 9.17) is 26.8 Å². The molecule has 0 radical (unpaired) electrons. The maximum Gasteiger partial charge on any atom is 0.225 e. The third-order valence-corrected chi connectivity index (χ3v) is 5.38. The molecule has 1 amide bonds. The van der Waals surface area contributed by atoms with Crippen molar-refractivity contribution in [2.75, 3.05) is 11.7 Å². The van der Waals surface area contributed by atoms with E-state index in [0.717, 1.165) is 28.1 Å². The SMILES string of the molecule is C[C@H]1C[C@@H](C(N)=O)c2ccccc2N1Cc1cc(Cl)cc2c1OCOC2. The molecule has 2 atom stereocenters. The molecular weight excluding hydrogens is 352 g/mol. The molecule has 0 aromatic heterocycles. The molecule has 0 aliphatic carbocycles. The zero-order chi connectivity index (χ0) is 18.3. The van der Waals surface area contributed by atoms with Crippen molar-refractivity contribution in [2.45, 2.75) is 38.5 Å². The van der Waals surface area contributed by atoms with Gasteiger partial charge in [0.15, 0.2) is 6.79 Å². The van der Waals surface area contributed by atoms with E-state index in [1.807, 2.05) is 36.4 Å². The Kier molecular flexibility index (Phi) is 4.51. The summed E-state index contributed by atoms with van der Waals surface area (Å²) in [6, 6.07) is 12.0.